The summed E-state index contributed by atoms with van der Waals surface area (Å²) in [4.78, 5) is 0. The summed E-state index contributed by atoms with van der Waals surface area (Å²) in [5.74, 6) is 0. The third-order valence-corrected chi connectivity index (χ3v) is 3.82. The Morgan fingerprint density at radius 3 is 1.82 bits per heavy atom. The van der Waals surface area contributed by atoms with Crippen LogP contribution >= 0.6 is 0 Å². The Bertz CT molecular complexity index is 458. The van der Waals surface area contributed by atoms with Gasteiger partial charge in [-0.1, -0.05) is 45.0 Å². The molecule has 0 aliphatic rings. The summed E-state index contributed by atoms with van der Waals surface area (Å²) in [6.07, 6.45) is 0. The Labute approximate surface area is 126 Å². The number of hydrogen-bond acceptors (Lipinski definition) is 3. The molecule has 0 fully saturated rings. The molecular weight excluding hydrogens is 247 g/mol. The number of rotatable bonds is 2. The Morgan fingerprint density at radius 2 is 1.53 bits per heavy atom. The largest absolute Gasteiger partial charge is 1.00 e. The minimum absolute atomic E-state index is 0. The van der Waals surface area contributed by atoms with Gasteiger partial charge < -0.3 is 4.55 Å². The SMILES string of the molecule is C[C@@H](c1ccc(C(C)(C)C)cc1)S(=O)(=O)[O-].[Na+]. The van der Waals surface area contributed by atoms with Crippen molar-refractivity contribution in [1.82, 2.24) is 0 Å². The summed E-state index contributed by atoms with van der Waals surface area (Å²) < 4.78 is 32.6. The molecule has 1 aromatic rings. The first-order valence-electron chi connectivity index (χ1n) is 5.17. The predicted octanol–water partition coefficient (Wildman–Crippen LogP) is -0.406. The van der Waals surface area contributed by atoms with Crippen molar-refractivity contribution >= 4 is 10.1 Å². The van der Waals surface area contributed by atoms with Crippen molar-refractivity contribution in [2.24, 2.45) is 0 Å². The molecule has 0 amide bonds. The molecule has 0 radical (unpaired) electrons. The Morgan fingerprint density at radius 1 is 1.12 bits per heavy atom. The van der Waals surface area contributed by atoms with Crippen LogP contribution in [-0.2, 0) is 15.5 Å². The van der Waals surface area contributed by atoms with Crippen LogP contribution in [0.25, 0.3) is 0 Å². The van der Waals surface area contributed by atoms with Gasteiger partial charge >= 0.3 is 29.6 Å². The van der Waals surface area contributed by atoms with Gasteiger partial charge in [0.1, 0.15) is 10.1 Å². The van der Waals surface area contributed by atoms with Gasteiger partial charge in [-0.3, -0.25) is 0 Å². The molecule has 0 aromatic heterocycles. The van der Waals surface area contributed by atoms with Crippen LogP contribution in [0.2, 0.25) is 0 Å². The molecule has 0 spiro atoms. The van der Waals surface area contributed by atoms with E-state index in [1.807, 2.05) is 12.1 Å². The molecule has 0 N–H and O–H groups in total. The fraction of sp³-hybridized carbons (Fsp3) is 0.500. The van der Waals surface area contributed by atoms with E-state index in [4.69, 9.17) is 0 Å². The van der Waals surface area contributed by atoms with Crippen molar-refractivity contribution in [3.05, 3.63) is 35.4 Å². The van der Waals surface area contributed by atoms with E-state index in [0.29, 0.717) is 5.56 Å². The standard InChI is InChI=1S/C12H18O3S.Na/c1-9(16(13,14)15)10-5-7-11(8-6-10)12(2,3)4;/h5-9H,1-4H3,(H,13,14,15);/q;+1/p-1/t9-;/m0./s1. The van der Waals surface area contributed by atoms with E-state index in [2.05, 4.69) is 20.8 Å². The zero-order chi connectivity index (χ0) is 12.6. The van der Waals surface area contributed by atoms with E-state index in [1.54, 1.807) is 12.1 Å². The first kappa shape index (κ1) is 17.1. The zero-order valence-corrected chi connectivity index (χ0v) is 13.8. The first-order chi connectivity index (χ1) is 7.12. The van der Waals surface area contributed by atoms with Gasteiger partial charge in [0.05, 0.1) is 5.25 Å². The van der Waals surface area contributed by atoms with Gasteiger partial charge in [0.2, 0.25) is 0 Å². The fourth-order valence-corrected chi connectivity index (χ4v) is 1.91. The number of benzene rings is 1. The van der Waals surface area contributed by atoms with E-state index in [1.165, 1.54) is 6.92 Å². The molecule has 3 nitrogen and oxygen atoms in total. The van der Waals surface area contributed by atoms with Crippen LogP contribution in [0.15, 0.2) is 24.3 Å². The van der Waals surface area contributed by atoms with Crippen LogP contribution in [0.5, 0.6) is 0 Å². The summed E-state index contributed by atoms with van der Waals surface area (Å²) in [5.41, 5.74) is 1.69. The summed E-state index contributed by atoms with van der Waals surface area (Å²) in [5, 5.41) is -0.985. The maximum Gasteiger partial charge on any atom is 1.00 e. The second kappa shape index (κ2) is 5.85. The molecule has 1 aromatic carbocycles. The molecule has 0 saturated carbocycles. The summed E-state index contributed by atoms with van der Waals surface area (Å²) in [6.45, 7) is 7.65. The van der Waals surface area contributed by atoms with Crippen LogP contribution < -0.4 is 29.6 Å². The zero-order valence-electron chi connectivity index (χ0n) is 11.0. The van der Waals surface area contributed by atoms with E-state index in [9.17, 15) is 13.0 Å². The van der Waals surface area contributed by atoms with E-state index in [0.717, 1.165) is 5.56 Å². The minimum atomic E-state index is -4.25. The molecule has 0 aliphatic carbocycles. The molecule has 0 aliphatic heterocycles. The van der Waals surface area contributed by atoms with Gasteiger partial charge in [0.25, 0.3) is 0 Å². The van der Waals surface area contributed by atoms with Crippen LogP contribution in [0.4, 0.5) is 0 Å². The molecule has 0 heterocycles. The Kier molecular flexibility index (Phi) is 5.89. The monoisotopic (exact) mass is 264 g/mol. The van der Waals surface area contributed by atoms with Gasteiger partial charge in [0.15, 0.2) is 0 Å². The quantitative estimate of drug-likeness (QED) is 0.539. The Hall–Kier alpha value is 0.130. The van der Waals surface area contributed by atoms with Crippen molar-refractivity contribution in [2.75, 3.05) is 0 Å². The van der Waals surface area contributed by atoms with E-state index in [-0.39, 0.29) is 35.0 Å². The van der Waals surface area contributed by atoms with Crippen molar-refractivity contribution in [2.45, 2.75) is 38.4 Å². The second-order valence-corrected chi connectivity index (χ2v) is 6.70. The van der Waals surface area contributed by atoms with Crippen molar-refractivity contribution in [3.63, 3.8) is 0 Å². The first-order valence-corrected chi connectivity index (χ1v) is 6.64. The molecule has 1 rings (SSSR count). The van der Waals surface area contributed by atoms with Crippen LogP contribution in [0, 0.1) is 0 Å². The Balaban J connectivity index is 0.00000256. The number of hydrogen-bond donors (Lipinski definition) is 0. The van der Waals surface area contributed by atoms with E-state index < -0.39 is 15.4 Å². The predicted molar refractivity (Wildman–Crippen MR) is 63.3 cm³/mol. The van der Waals surface area contributed by atoms with Crippen molar-refractivity contribution < 1.29 is 42.5 Å². The molecule has 90 valence electrons. The van der Waals surface area contributed by atoms with Gasteiger partial charge in [-0.25, -0.2) is 8.42 Å². The normalized spacial score (nSPS) is 13.9. The van der Waals surface area contributed by atoms with Gasteiger partial charge in [0, 0.05) is 0 Å². The molecule has 0 unspecified atom stereocenters. The van der Waals surface area contributed by atoms with Crippen LogP contribution in [-0.4, -0.2) is 13.0 Å². The average molecular weight is 264 g/mol. The van der Waals surface area contributed by atoms with E-state index >= 15 is 0 Å². The fourth-order valence-electron chi connectivity index (χ4n) is 1.42. The second-order valence-electron chi connectivity index (χ2n) is 5.01. The van der Waals surface area contributed by atoms with Crippen molar-refractivity contribution in [1.29, 1.82) is 0 Å². The van der Waals surface area contributed by atoms with Gasteiger partial charge in [-0.2, -0.15) is 0 Å². The third kappa shape index (κ3) is 4.72. The van der Waals surface area contributed by atoms with Crippen LogP contribution in [0.1, 0.15) is 44.1 Å². The topological polar surface area (TPSA) is 57.2 Å². The maximum absolute atomic E-state index is 10.9. The average Bonchev–Trinajstić information content (AvgIpc) is 2.14. The third-order valence-electron chi connectivity index (χ3n) is 2.68. The van der Waals surface area contributed by atoms with Crippen LogP contribution in [0.3, 0.4) is 0 Å². The molecule has 0 bridgehead atoms. The molecular formula is C12H17NaO3S. The molecule has 5 heteroatoms. The van der Waals surface area contributed by atoms with Gasteiger partial charge in [-0.15, -0.1) is 0 Å². The molecule has 1 atom stereocenters. The molecule has 0 saturated heterocycles. The summed E-state index contributed by atoms with van der Waals surface area (Å²) >= 11 is 0. The summed E-state index contributed by atoms with van der Waals surface area (Å²) in [6, 6.07) is 7.16. The maximum atomic E-state index is 10.9. The van der Waals surface area contributed by atoms with Gasteiger partial charge in [-0.05, 0) is 23.5 Å². The molecule has 17 heavy (non-hydrogen) atoms. The minimum Gasteiger partial charge on any atom is -0.747 e. The summed E-state index contributed by atoms with van der Waals surface area (Å²) in [7, 11) is -4.25. The van der Waals surface area contributed by atoms with Crippen molar-refractivity contribution in [3.8, 4) is 0 Å². The smallest absolute Gasteiger partial charge is 0.747 e.